The van der Waals surface area contributed by atoms with E-state index in [9.17, 15) is 9.50 Å². The van der Waals surface area contributed by atoms with Crippen molar-refractivity contribution in [3.05, 3.63) is 45.9 Å². The molecular formula is C13H14BrFN2O2. The standard InChI is InChI=1S/C13H14BrFN2O2/c1-3-17-12(10(19-2)7-16-17)13(18)11-8(14)5-4-6-9(11)15/h4-7,13,18H,3H2,1-2H3. The van der Waals surface area contributed by atoms with Gasteiger partial charge in [-0.05, 0) is 19.1 Å². The molecule has 0 saturated carbocycles. The second-order valence-electron chi connectivity index (χ2n) is 3.95. The van der Waals surface area contributed by atoms with Gasteiger partial charge in [-0.25, -0.2) is 4.39 Å². The van der Waals surface area contributed by atoms with Crippen LogP contribution in [0.4, 0.5) is 4.39 Å². The molecule has 102 valence electrons. The number of aliphatic hydroxyl groups is 1. The van der Waals surface area contributed by atoms with Crippen LogP contribution in [0, 0.1) is 5.82 Å². The van der Waals surface area contributed by atoms with Gasteiger partial charge in [0.25, 0.3) is 0 Å². The monoisotopic (exact) mass is 328 g/mol. The van der Waals surface area contributed by atoms with E-state index in [0.29, 0.717) is 22.5 Å². The third-order valence-electron chi connectivity index (χ3n) is 2.90. The van der Waals surface area contributed by atoms with E-state index in [0.717, 1.165) is 0 Å². The summed E-state index contributed by atoms with van der Waals surface area (Å²) in [5, 5.41) is 14.6. The van der Waals surface area contributed by atoms with Crippen LogP contribution < -0.4 is 4.74 Å². The number of halogens is 2. The Kier molecular flexibility index (Phi) is 4.21. The Balaban J connectivity index is 2.55. The van der Waals surface area contributed by atoms with Crippen molar-refractivity contribution in [3.8, 4) is 5.75 Å². The van der Waals surface area contributed by atoms with Crippen molar-refractivity contribution in [1.29, 1.82) is 0 Å². The van der Waals surface area contributed by atoms with Crippen molar-refractivity contribution in [2.45, 2.75) is 19.6 Å². The average Bonchev–Trinajstić information content (AvgIpc) is 2.81. The summed E-state index contributed by atoms with van der Waals surface area (Å²) in [5.41, 5.74) is 0.617. The van der Waals surface area contributed by atoms with Gasteiger partial charge in [-0.15, -0.1) is 0 Å². The van der Waals surface area contributed by atoms with E-state index in [2.05, 4.69) is 21.0 Å². The summed E-state index contributed by atoms with van der Waals surface area (Å²) >= 11 is 3.26. The van der Waals surface area contributed by atoms with Crippen LogP contribution in [0.1, 0.15) is 24.3 Å². The highest BCUT2D eigenvalue weighted by Gasteiger charge is 2.25. The quantitative estimate of drug-likeness (QED) is 0.938. The molecule has 1 atom stereocenters. The van der Waals surface area contributed by atoms with Gasteiger partial charge in [0, 0.05) is 16.6 Å². The van der Waals surface area contributed by atoms with Crippen LogP contribution in [0.2, 0.25) is 0 Å². The molecule has 4 nitrogen and oxygen atoms in total. The van der Waals surface area contributed by atoms with Gasteiger partial charge < -0.3 is 9.84 Å². The van der Waals surface area contributed by atoms with Gasteiger partial charge >= 0.3 is 0 Å². The van der Waals surface area contributed by atoms with Crippen LogP contribution in [-0.4, -0.2) is 22.0 Å². The first-order valence-electron chi connectivity index (χ1n) is 5.81. The zero-order valence-corrected chi connectivity index (χ0v) is 12.2. The zero-order chi connectivity index (χ0) is 14.0. The molecule has 0 aliphatic carbocycles. The van der Waals surface area contributed by atoms with E-state index in [4.69, 9.17) is 4.74 Å². The zero-order valence-electron chi connectivity index (χ0n) is 10.6. The summed E-state index contributed by atoms with van der Waals surface area (Å²) in [7, 11) is 1.49. The summed E-state index contributed by atoms with van der Waals surface area (Å²) in [4.78, 5) is 0. The van der Waals surface area contributed by atoms with Crippen LogP contribution in [0.3, 0.4) is 0 Å². The largest absolute Gasteiger partial charge is 0.493 e. The number of benzene rings is 1. The van der Waals surface area contributed by atoms with Gasteiger partial charge in [-0.1, -0.05) is 22.0 Å². The van der Waals surface area contributed by atoms with E-state index < -0.39 is 11.9 Å². The Morgan fingerprint density at radius 2 is 2.26 bits per heavy atom. The first kappa shape index (κ1) is 14.0. The van der Waals surface area contributed by atoms with Crippen molar-refractivity contribution >= 4 is 15.9 Å². The maximum Gasteiger partial charge on any atom is 0.163 e. The molecule has 0 fully saturated rings. The molecule has 0 radical (unpaired) electrons. The Hall–Kier alpha value is -1.40. The maximum absolute atomic E-state index is 13.9. The second kappa shape index (κ2) is 5.71. The predicted molar refractivity (Wildman–Crippen MR) is 72.6 cm³/mol. The predicted octanol–water partition coefficient (Wildman–Crippen LogP) is 2.89. The second-order valence-corrected chi connectivity index (χ2v) is 4.81. The fraction of sp³-hybridized carbons (Fsp3) is 0.308. The van der Waals surface area contributed by atoms with Crippen molar-refractivity contribution in [3.63, 3.8) is 0 Å². The number of methoxy groups -OCH3 is 1. The highest BCUT2D eigenvalue weighted by atomic mass is 79.9. The summed E-state index contributed by atoms with van der Waals surface area (Å²) in [6.45, 7) is 2.45. The van der Waals surface area contributed by atoms with Gasteiger partial charge in [0.15, 0.2) is 5.75 Å². The molecular weight excluding hydrogens is 315 g/mol. The van der Waals surface area contributed by atoms with Crippen molar-refractivity contribution in [1.82, 2.24) is 9.78 Å². The number of ether oxygens (including phenoxy) is 1. The average molecular weight is 329 g/mol. The number of hydrogen-bond acceptors (Lipinski definition) is 3. The Morgan fingerprint density at radius 3 is 2.84 bits per heavy atom. The smallest absolute Gasteiger partial charge is 0.163 e. The lowest BCUT2D eigenvalue weighted by Gasteiger charge is -2.16. The topological polar surface area (TPSA) is 47.3 Å². The molecule has 0 bridgehead atoms. The number of aliphatic hydroxyl groups excluding tert-OH is 1. The molecule has 1 unspecified atom stereocenters. The molecule has 19 heavy (non-hydrogen) atoms. The molecule has 0 aliphatic heterocycles. The van der Waals surface area contributed by atoms with E-state index in [-0.39, 0.29) is 5.56 Å². The number of aromatic nitrogens is 2. The first-order chi connectivity index (χ1) is 9.10. The maximum atomic E-state index is 13.9. The summed E-state index contributed by atoms with van der Waals surface area (Å²) in [6.07, 6.45) is 0.365. The third kappa shape index (κ3) is 2.50. The van der Waals surface area contributed by atoms with Crippen LogP contribution in [0.5, 0.6) is 5.75 Å². The van der Waals surface area contributed by atoms with Crippen molar-refractivity contribution in [2.75, 3.05) is 7.11 Å². The van der Waals surface area contributed by atoms with Crippen LogP contribution in [-0.2, 0) is 6.54 Å². The van der Waals surface area contributed by atoms with Crippen molar-refractivity contribution < 1.29 is 14.2 Å². The van der Waals surface area contributed by atoms with Crippen LogP contribution in [0.25, 0.3) is 0 Å². The highest BCUT2D eigenvalue weighted by molar-refractivity contribution is 9.10. The Bertz CT molecular complexity index is 544. The molecule has 0 amide bonds. The molecule has 2 aromatic rings. The lowest BCUT2D eigenvalue weighted by molar-refractivity contribution is 0.197. The van der Waals surface area contributed by atoms with Gasteiger partial charge in [0.1, 0.15) is 17.6 Å². The molecule has 0 spiro atoms. The molecule has 1 heterocycles. The van der Waals surface area contributed by atoms with Gasteiger partial charge in [0.2, 0.25) is 0 Å². The third-order valence-corrected chi connectivity index (χ3v) is 3.59. The summed E-state index contributed by atoms with van der Waals surface area (Å²) in [6, 6.07) is 4.56. The van der Waals surface area contributed by atoms with Gasteiger partial charge in [-0.2, -0.15) is 5.10 Å². The minimum atomic E-state index is -1.15. The van der Waals surface area contributed by atoms with E-state index in [1.165, 1.54) is 19.4 Å². The SMILES string of the molecule is CCn1ncc(OC)c1C(O)c1c(F)cccc1Br. The Morgan fingerprint density at radius 1 is 1.53 bits per heavy atom. The first-order valence-corrected chi connectivity index (χ1v) is 6.61. The van der Waals surface area contributed by atoms with Gasteiger partial charge in [0.05, 0.1) is 13.3 Å². The number of nitrogens with zero attached hydrogens (tertiary/aromatic N) is 2. The molecule has 1 N–H and O–H groups in total. The molecule has 6 heteroatoms. The van der Waals surface area contributed by atoms with Gasteiger partial charge in [-0.3, -0.25) is 4.68 Å². The van der Waals surface area contributed by atoms with E-state index in [1.54, 1.807) is 16.8 Å². The lowest BCUT2D eigenvalue weighted by Crippen LogP contribution is -2.12. The minimum absolute atomic E-state index is 0.177. The number of rotatable bonds is 4. The molecule has 2 rings (SSSR count). The van der Waals surface area contributed by atoms with E-state index >= 15 is 0 Å². The molecule has 0 saturated heterocycles. The fourth-order valence-electron chi connectivity index (χ4n) is 1.97. The fourth-order valence-corrected chi connectivity index (χ4v) is 2.53. The lowest BCUT2D eigenvalue weighted by atomic mass is 10.1. The highest BCUT2D eigenvalue weighted by Crippen LogP contribution is 2.35. The number of aryl methyl sites for hydroxylation is 1. The Labute approximate surface area is 118 Å². The molecule has 0 aliphatic rings. The molecule has 1 aromatic carbocycles. The summed E-state index contributed by atoms with van der Waals surface area (Å²) < 4.78 is 21.2. The van der Waals surface area contributed by atoms with Crippen molar-refractivity contribution in [2.24, 2.45) is 0 Å². The normalized spacial score (nSPS) is 12.5. The van der Waals surface area contributed by atoms with Crippen LogP contribution in [0.15, 0.2) is 28.9 Å². The van der Waals surface area contributed by atoms with Crippen LogP contribution >= 0.6 is 15.9 Å². The summed E-state index contributed by atoms with van der Waals surface area (Å²) in [5.74, 6) is -0.0442. The number of hydrogen-bond donors (Lipinski definition) is 1. The molecule has 1 aromatic heterocycles. The minimum Gasteiger partial charge on any atom is -0.493 e. The van der Waals surface area contributed by atoms with E-state index in [1.807, 2.05) is 6.92 Å².